The zero-order valence-electron chi connectivity index (χ0n) is 12.6. The summed E-state index contributed by atoms with van der Waals surface area (Å²) in [6.45, 7) is 0.0212. The van der Waals surface area contributed by atoms with Crippen LogP contribution in [-0.4, -0.2) is 41.8 Å². The monoisotopic (exact) mass is 336 g/mol. The van der Waals surface area contributed by atoms with Crippen molar-refractivity contribution in [2.24, 2.45) is 0 Å². The maximum Gasteiger partial charge on any atom is 0.258 e. The van der Waals surface area contributed by atoms with Gasteiger partial charge in [-0.1, -0.05) is 29.8 Å². The van der Waals surface area contributed by atoms with Crippen molar-refractivity contribution in [3.63, 3.8) is 0 Å². The molecule has 1 aromatic heterocycles. The Kier molecular flexibility index (Phi) is 5.99. The lowest BCUT2D eigenvalue weighted by Crippen LogP contribution is -2.32. The van der Waals surface area contributed by atoms with Crippen LogP contribution in [0.3, 0.4) is 0 Å². The Morgan fingerprint density at radius 1 is 1.26 bits per heavy atom. The van der Waals surface area contributed by atoms with E-state index in [-0.39, 0.29) is 37.3 Å². The third kappa shape index (κ3) is 5.00. The molecule has 23 heavy (non-hydrogen) atoms. The number of aromatic nitrogens is 2. The van der Waals surface area contributed by atoms with Gasteiger partial charge in [0.2, 0.25) is 5.91 Å². The molecule has 2 N–H and O–H groups in total. The van der Waals surface area contributed by atoms with Gasteiger partial charge in [0, 0.05) is 20.0 Å². The molecule has 0 atom stereocenters. The Morgan fingerprint density at radius 2 is 2.00 bits per heavy atom. The summed E-state index contributed by atoms with van der Waals surface area (Å²) in [6.07, 6.45) is 1.82. The number of nitrogens with zero attached hydrogens (tertiary/aromatic N) is 2. The lowest BCUT2D eigenvalue weighted by molar-refractivity contribution is -0.123. The topological polar surface area (TPSA) is 85.2 Å². The van der Waals surface area contributed by atoms with Crippen molar-refractivity contribution in [1.82, 2.24) is 20.4 Å². The van der Waals surface area contributed by atoms with Crippen molar-refractivity contribution < 1.29 is 14.3 Å². The summed E-state index contributed by atoms with van der Waals surface area (Å²) in [5.41, 5.74) is 0.833. The van der Waals surface area contributed by atoms with E-state index in [0.29, 0.717) is 5.02 Å². The van der Waals surface area contributed by atoms with Crippen LogP contribution in [-0.2, 0) is 9.59 Å². The highest BCUT2D eigenvalue weighted by Crippen LogP contribution is 2.23. The van der Waals surface area contributed by atoms with Crippen molar-refractivity contribution in [2.75, 3.05) is 20.2 Å². The summed E-state index contributed by atoms with van der Waals surface area (Å²) in [6, 6.07) is 9.41. The molecule has 2 aromatic rings. The number of ether oxygens (including phenoxy) is 1. The van der Waals surface area contributed by atoms with Crippen molar-refractivity contribution in [2.45, 2.75) is 6.42 Å². The molecule has 0 aliphatic heterocycles. The van der Waals surface area contributed by atoms with Gasteiger partial charge in [0.15, 0.2) is 6.61 Å². The van der Waals surface area contributed by atoms with Gasteiger partial charge in [-0.05, 0) is 12.1 Å². The maximum atomic E-state index is 11.6. The maximum absolute atomic E-state index is 11.6. The van der Waals surface area contributed by atoms with Crippen molar-refractivity contribution in [1.29, 1.82) is 0 Å². The van der Waals surface area contributed by atoms with Gasteiger partial charge in [0.05, 0.1) is 11.9 Å². The number of hydrogen-bond donors (Lipinski definition) is 2. The van der Waals surface area contributed by atoms with E-state index >= 15 is 0 Å². The fraction of sp³-hybridized carbons (Fsp3) is 0.267. The molecular formula is C15H17ClN4O3. The first kappa shape index (κ1) is 16.8. The van der Waals surface area contributed by atoms with Crippen LogP contribution in [0.1, 0.15) is 6.42 Å². The first-order valence-corrected chi connectivity index (χ1v) is 7.38. The number of benzene rings is 1. The Bertz CT molecular complexity index is 673. The molecule has 8 heteroatoms. The van der Waals surface area contributed by atoms with Gasteiger partial charge in [0.25, 0.3) is 11.8 Å². The van der Waals surface area contributed by atoms with Gasteiger partial charge < -0.3 is 15.4 Å². The average Bonchev–Trinajstić information content (AvgIpc) is 2.94. The van der Waals surface area contributed by atoms with E-state index in [1.165, 1.54) is 0 Å². The minimum Gasteiger partial charge on any atom is -0.465 e. The number of halogens is 1. The van der Waals surface area contributed by atoms with E-state index in [9.17, 15) is 9.59 Å². The summed E-state index contributed by atoms with van der Waals surface area (Å²) in [5.74, 6) is -0.313. The van der Waals surface area contributed by atoms with E-state index in [2.05, 4.69) is 15.7 Å². The largest absolute Gasteiger partial charge is 0.465 e. The standard InChI is InChI=1S/C15H17ClN4O3/c1-17-13(21)7-8-18-14(22)10-23-15-12(16)9-20(19-15)11-5-3-2-4-6-11/h2-6,9H,7-8,10H2,1H3,(H,17,21)(H,18,22). The second kappa shape index (κ2) is 8.19. The SMILES string of the molecule is CNC(=O)CCNC(=O)COc1nn(-c2ccccc2)cc1Cl. The molecule has 0 unspecified atom stereocenters. The Balaban J connectivity index is 1.85. The summed E-state index contributed by atoms with van der Waals surface area (Å²) in [5, 5.41) is 9.55. The highest BCUT2D eigenvalue weighted by atomic mass is 35.5. The number of para-hydroxylation sites is 1. The Hall–Kier alpha value is -2.54. The first-order valence-electron chi connectivity index (χ1n) is 7.01. The Morgan fingerprint density at radius 3 is 2.70 bits per heavy atom. The lowest BCUT2D eigenvalue weighted by atomic mass is 10.3. The minimum absolute atomic E-state index is 0.143. The van der Waals surface area contributed by atoms with Gasteiger partial charge in [-0.3, -0.25) is 9.59 Å². The fourth-order valence-corrected chi connectivity index (χ4v) is 1.96. The van der Waals surface area contributed by atoms with Crippen LogP contribution < -0.4 is 15.4 Å². The van der Waals surface area contributed by atoms with Gasteiger partial charge >= 0.3 is 0 Å². The fourth-order valence-electron chi connectivity index (χ4n) is 1.77. The molecule has 0 fully saturated rings. The average molecular weight is 337 g/mol. The van der Waals surface area contributed by atoms with Crippen molar-refractivity contribution in [3.05, 3.63) is 41.6 Å². The predicted molar refractivity (Wildman–Crippen MR) is 85.8 cm³/mol. The number of hydrogen-bond acceptors (Lipinski definition) is 4. The normalized spacial score (nSPS) is 10.2. The number of amides is 2. The van der Waals surface area contributed by atoms with Crippen LogP contribution in [0.25, 0.3) is 5.69 Å². The molecule has 2 amide bonds. The van der Waals surface area contributed by atoms with Gasteiger partial charge in [-0.15, -0.1) is 5.10 Å². The van der Waals surface area contributed by atoms with Crippen LogP contribution >= 0.6 is 11.6 Å². The van der Waals surface area contributed by atoms with E-state index in [1.807, 2.05) is 30.3 Å². The van der Waals surface area contributed by atoms with Crippen molar-refractivity contribution in [3.8, 4) is 11.6 Å². The number of rotatable bonds is 7. The number of nitrogens with one attached hydrogen (secondary N) is 2. The summed E-state index contributed by atoms with van der Waals surface area (Å²) >= 11 is 6.05. The molecule has 1 heterocycles. The van der Waals surface area contributed by atoms with Crippen LogP contribution in [0, 0.1) is 0 Å². The predicted octanol–water partition coefficient (Wildman–Crippen LogP) is 1.16. The number of carbonyl (C=O) groups is 2. The molecule has 0 aliphatic rings. The molecular weight excluding hydrogens is 320 g/mol. The van der Waals surface area contributed by atoms with Gasteiger partial charge in [0.1, 0.15) is 5.02 Å². The Labute approximate surface area is 138 Å². The summed E-state index contributed by atoms with van der Waals surface area (Å²) < 4.78 is 6.88. The van der Waals surface area contributed by atoms with E-state index in [4.69, 9.17) is 16.3 Å². The molecule has 0 aliphatic carbocycles. The molecule has 2 rings (SSSR count). The highest BCUT2D eigenvalue weighted by Gasteiger charge is 2.11. The van der Waals surface area contributed by atoms with Crippen LogP contribution in [0.5, 0.6) is 5.88 Å². The molecule has 0 spiro atoms. The molecule has 122 valence electrons. The zero-order chi connectivity index (χ0) is 16.7. The van der Waals surface area contributed by atoms with Gasteiger partial charge in [-0.2, -0.15) is 0 Å². The lowest BCUT2D eigenvalue weighted by Gasteiger charge is -2.05. The molecule has 0 bridgehead atoms. The molecule has 0 radical (unpaired) electrons. The van der Waals surface area contributed by atoms with E-state index in [0.717, 1.165) is 5.69 Å². The zero-order valence-corrected chi connectivity index (χ0v) is 13.3. The molecule has 0 saturated heterocycles. The van der Waals surface area contributed by atoms with E-state index < -0.39 is 0 Å². The first-order chi connectivity index (χ1) is 11.1. The minimum atomic E-state index is -0.348. The molecule has 0 saturated carbocycles. The smallest absolute Gasteiger partial charge is 0.258 e. The van der Waals surface area contributed by atoms with Crippen LogP contribution in [0.4, 0.5) is 0 Å². The van der Waals surface area contributed by atoms with Crippen molar-refractivity contribution >= 4 is 23.4 Å². The second-order valence-electron chi connectivity index (χ2n) is 4.62. The highest BCUT2D eigenvalue weighted by molar-refractivity contribution is 6.31. The molecule has 1 aromatic carbocycles. The summed E-state index contributed by atoms with van der Waals surface area (Å²) in [7, 11) is 1.54. The third-order valence-electron chi connectivity index (χ3n) is 2.95. The van der Waals surface area contributed by atoms with E-state index in [1.54, 1.807) is 17.9 Å². The van der Waals surface area contributed by atoms with Gasteiger partial charge in [-0.25, -0.2) is 4.68 Å². The van der Waals surface area contributed by atoms with Crippen LogP contribution in [0.2, 0.25) is 5.02 Å². The number of carbonyl (C=O) groups excluding carboxylic acids is 2. The third-order valence-corrected chi connectivity index (χ3v) is 3.21. The summed E-state index contributed by atoms with van der Waals surface area (Å²) in [4.78, 5) is 22.7. The van der Waals surface area contributed by atoms with Crippen LogP contribution in [0.15, 0.2) is 36.5 Å². The second-order valence-corrected chi connectivity index (χ2v) is 5.03. The quantitative estimate of drug-likeness (QED) is 0.794. The molecule has 7 nitrogen and oxygen atoms in total.